The van der Waals surface area contributed by atoms with Crippen LogP contribution in [0.25, 0.3) is 0 Å². The zero-order valence-corrected chi connectivity index (χ0v) is 11.4. The van der Waals surface area contributed by atoms with Gasteiger partial charge in [-0.3, -0.25) is 4.98 Å². The highest BCUT2D eigenvalue weighted by Gasteiger charge is 2.11. The van der Waals surface area contributed by atoms with Crippen molar-refractivity contribution in [1.29, 1.82) is 0 Å². The van der Waals surface area contributed by atoms with E-state index in [1.165, 1.54) is 24.8 Å². The highest BCUT2D eigenvalue weighted by Crippen LogP contribution is 2.23. The van der Waals surface area contributed by atoms with Crippen LogP contribution < -0.4 is 5.32 Å². The van der Waals surface area contributed by atoms with Crippen molar-refractivity contribution in [1.82, 2.24) is 10.3 Å². The van der Waals surface area contributed by atoms with Crippen LogP contribution in [-0.2, 0) is 19.4 Å². The van der Waals surface area contributed by atoms with Crippen LogP contribution >= 0.6 is 0 Å². The van der Waals surface area contributed by atoms with Crippen LogP contribution in [0.15, 0.2) is 42.6 Å². The lowest BCUT2D eigenvalue weighted by Crippen LogP contribution is -2.19. The third-order valence-electron chi connectivity index (χ3n) is 3.91. The van der Waals surface area contributed by atoms with E-state index in [0.717, 1.165) is 12.2 Å². The summed E-state index contributed by atoms with van der Waals surface area (Å²) in [6, 6.07) is 13.3. The molecule has 0 saturated carbocycles. The smallest absolute Gasteiger partial charge is 0.0570 e. The van der Waals surface area contributed by atoms with Gasteiger partial charge in [0.25, 0.3) is 0 Å². The Balaban J connectivity index is 1.63. The van der Waals surface area contributed by atoms with Crippen molar-refractivity contribution in [3.05, 3.63) is 65.0 Å². The Bertz CT molecular complexity index is 548. The molecule has 0 aliphatic heterocycles. The van der Waals surface area contributed by atoms with Crippen LogP contribution in [0.4, 0.5) is 0 Å². The maximum Gasteiger partial charge on any atom is 0.0570 e. The molecule has 0 amide bonds. The van der Waals surface area contributed by atoms with E-state index in [9.17, 15) is 0 Å². The van der Waals surface area contributed by atoms with Crippen molar-refractivity contribution < 1.29 is 0 Å². The summed E-state index contributed by atoms with van der Waals surface area (Å²) in [5, 5.41) is 3.54. The average molecular weight is 252 g/mol. The predicted octanol–water partition coefficient (Wildman–Crippen LogP) is 3.42. The number of aromatic nitrogens is 1. The fourth-order valence-corrected chi connectivity index (χ4v) is 2.74. The number of nitrogens with one attached hydrogen (secondary N) is 1. The van der Waals surface area contributed by atoms with Gasteiger partial charge < -0.3 is 5.32 Å². The van der Waals surface area contributed by atoms with Crippen LogP contribution in [0, 0.1) is 0 Å². The first-order valence-corrected chi connectivity index (χ1v) is 7.08. The number of aryl methyl sites for hydroxylation is 2. The van der Waals surface area contributed by atoms with Crippen LogP contribution in [0.5, 0.6) is 0 Å². The molecule has 0 fully saturated rings. The molecule has 1 aliphatic rings. The van der Waals surface area contributed by atoms with Crippen molar-refractivity contribution in [2.24, 2.45) is 0 Å². The molecule has 2 heteroatoms. The molecule has 1 N–H and O–H groups in total. The Hall–Kier alpha value is -1.67. The summed E-state index contributed by atoms with van der Waals surface area (Å²) in [6.07, 6.45) is 5.67. The molecule has 2 nitrogen and oxygen atoms in total. The van der Waals surface area contributed by atoms with Gasteiger partial charge in [-0.25, -0.2) is 0 Å². The summed E-state index contributed by atoms with van der Waals surface area (Å²) in [7, 11) is 0. The number of hydrogen-bond donors (Lipinski definition) is 1. The van der Waals surface area contributed by atoms with E-state index < -0.39 is 0 Å². The largest absolute Gasteiger partial charge is 0.305 e. The highest BCUT2D eigenvalue weighted by molar-refractivity contribution is 5.35. The van der Waals surface area contributed by atoms with Crippen LogP contribution in [-0.4, -0.2) is 4.98 Å². The highest BCUT2D eigenvalue weighted by atomic mass is 14.9. The number of pyridine rings is 1. The fourth-order valence-electron chi connectivity index (χ4n) is 2.74. The lowest BCUT2D eigenvalue weighted by molar-refractivity contribution is 0.561. The second-order valence-electron chi connectivity index (χ2n) is 5.31. The van der Waals surface area contributed by atoms with Gasteiger partial charge in [0.05, 0.1) is 5.69 Å². The Kier molecular flexibility index (Phi) is 3.60. The van der Waals surface area contributed by atoms with Gasteiger partial charge >= 0.3 is 0 Å². The standard InChI is InChI=1S/C17H20N2/c1-13(17-7-2-3-10-18-17)19-12-14-8-9-15-5-4-6-16(15)11-14/h2-3,7-11,13,19H,4-6,12H2,1H3/t13-/m0/s1. The number of rotatable bonds is 4. The summed E-state index contributed by atoms with van der Waals surface area (Å²) in [6.45, 7) is 3.07. The molecule has 1 aliphatic carbocycles. The van der Waals surface area contributed by atoms with Crippen LogP contribution in [0.2, 0.25) is 0 Å². The van der Waals surface area contributed by atoms with E-state index >= 15 is 0 Å². The molecule has 1 aromatic heterocycles. The molecular weight excluding hydrogens is 232 g/mol. The lowest BCUT2D eigenvalue weighted by Gasteiger charge is -2.13. The van der Waals surface area contributed by atoms with Gasteiger partial charge in [-0.15, -0.1) is 0 Å². The van der Waals surface area contributed by atoms with Crippen molar-refractivity contribution in [3.63, 3.8) is 0 Å². The summed E-state index contributed by atoms with van der Waals surface area (Å²) in [5.41, 5.74) is 5.57. The minimum Gasteiger partial charge on any atom is -0.305 e. The SMILES string of the molecule is C[C@H](NCc1ccc2c(c1)CCC2)c1ccccn1. The summed E-state index contributed by atoms with van der Waals surface area (Å²) >= 11 is 0. The van der Waals surface area contributed by atoms with E-state index in [4.69, 9.17) is 0 Å². The van der Waals surface area contributed by atoms with Gasteiger partial charge in [0.15, 0.2) is 0 Å². The van der Waals surface area contributed by atoms with E-state index in [1.807, 2.05) is 18.3 Å². The van der Waals surface area contributed by atoms with Crippen LogP contribution in [0.1, 0.15) is 41.8 Å². The Morgan fingerprint density at radius 1 is 1.16 bits per heavy atom. The zero-order valence-electron chi connectivity index (χ0n) is 11.4. The van der Waals surface area contributed by atoms with Gasteiger partial charge in [-0.2, -0.15) is 0 Å². The Morgan fingerprint density at radius 2 is 2.05 bits per heavy atom. The molecule has 3 rings (SSSR count). The van der Waals surface area contributed by atoms with Gasteiger partial charge in [0.2, 0.25) is 0 Å². The summed E-state index contributed by atoms with van der Waals surface area (Å²) < 4.78 is 0. The van der Waals surface area contributed by atoms with Crippen molar-refractivity contribution in [2.75, 3.05) is 0 Å². The summed E-state index contributed by atoms with van der Waals surface area (Å²) in [5.74, 6) is 0. The van der Waals surface area contributed by atoms with Crippen molar-refractivity contribution in [2.45, 2.75) is 38.8 Å². The normalized spacial score (nSPS) is 15.2. The summed E-state index contributed by atoms with van der Waals surface area (Å²) in [4.78, 5) is 4.39. The first-order valence-electron chi connectivity index (χ1n) is 7.08. The molecule has 0 spiro atoms. The molecule has 98 valence electrons. The van der Waals surface area contributed by atoms with E-state index in [0.29, 0.717) is 0 Å². The topological polar surface area (TPSA) is 24.9 Å². The average Bonchev–Trinajstić information content (AvgIpc) is 2.93. The molecule has 19 heavy (non-hydrogen) atoms. The third kappa shape index (κ3) is 2.85. The van der Waals surface area contributed by atoms with Crippen molar-refractivity contribution in [3.8, 4) is 0 Å². The Labute approximate surface area is 114 Å². The second kappa shape index (κ2) is 5.54. The maximum absolute atomic E-state index is 4.39. The number of hydrogen-bond acceptors (Lipinski definition) is 2. The van der Waals surface area contributed by atoms with Gasteiger partial charge in [0, 0.05) is 18.8 Å². The molecule has 0 unspecified atom stereocenters. The van der Waals surface area contributed by atoms with Gasteiger partial charge in [-0.1, -0.05) is 24.3 Å². The molecule has 1 aromatic carbocycles. The monoisotopic (exact) mass is 252 g/mol. The predicted molar refractivity (Wildman–Crippen MR) is 78.0 cm³/mol. The lowest BCUT2D eigenvalue weighted by atomic mass is 10.1. The second-order valence-corrected chi connectivity index (χ2v) is 5.31. The molecule has 0 saturated heterocycles. The molecule has 1 atom stereocenters. The zero-order chi connectivity index (χ0) is 13.1. The molecule has 0 bridgehead atoms. The first kappa shape index (κ1) is 12.4. The van der Waals surface area contributed by atoms with E-state index in [1.54, 1.807) is 11.1 Å². The first-order chi connectivity index (χ1) is 9.33. The van der Waals surface area contributed by atoms with Gasteiger partial charge in [0.1, 0.15) is 0 Å². The van der Waals surface area contributed by atoms with Crippen molar-refractivity contribution >= 4 is 0 Å². The number of nitrogens with zero attached hydrogens (tertiary/aromatic N) is 1. The Morgan fingerprint density at radius 3 is 2.89 bits per heavy atom. The quantitative estimate of drug-likeness (QED) is 0.902. The fraction of sp³-hybridized carbons (Fsp3) is 0.353. The molecular formula is C17H20N2. The van der Waals surface area contributed by atoms with E-state index in [2.05, 4.69) is 41.5 Å². The minimum atomic E-state index is 0.287. The molecule has 2 aromatic rings. The minimum absolute atomic E-state index is 0.287. The maximum atomic E-state index is 4.39. The van der Waals surface area contributed by atoms with Crippen LogP contribution in [0.3, 0.4) is 0 Å². The molecule has 0 radical (unpaired) electrons. The molecule has 1 heterocycles. The number of fused-ring (bicyclic) bond motifs is 1. The van der Waals surface area contributed by atoms with E-state index in [-0.39, 0.29) is 6.04 Å². The van der Waals surface area contributed by atoms with Gasteiger partial charge in [-0.05, 0) is 55.0 Å². The number of benzene rings is 1. The third-order valence-corrected chi connectivity index (χ3v) is 3.91.